The van der Waals surface area contributed by atoms with E-state index in [1.54, 1.807) is 39.5 Å². The number of benzene rings is 3. The number of carbonyl (C=O) groups is 2. The van der Waals surface area contributed by atoms with E-state index in [-0.39, 0.29) is 17.2 Å². The van der Waals surface area contributed by atoms with Crippen molar-refractivity contribution < 1.29 is 29.0 Å². The van der Waals surface area contributed by atoms with Crippen molar-refractivity contribution in [3.8, 4) is 22.9 Å². The van der Waals surface area contributed by atoms with Crippen molar-refractivity contribution in [1.29, 1.82) is 0 Å². The molecule has 0 radical (unpaired) electrons. The number of carbonyl (C=O) groups excluding carboxylic acids is 2. The van der Waals surface area contributed by atoms with Gasteiger partial charge in [-0.2, -0.15) is 0 Å². The van der Waals surface area contributed by atoms with E-state index >= 15 is 0 Å². The molecule has 2 aliphatic rings. The molecule has 0 saturated carbocycles. The van der Waals surface area contributed by atoms with Crippen LogP contribution in [0.2, 0.25) is 0 Å². The average molecular weight is 656 g/mol. The highest BCUT2D eigenvalue weighted by molar-refractivity contribution is 5.98. The second-order valence-electron chi connectivity index (χ2n) is 12.4. The van der Waals surface area contributed by atoms with E-state index in [0.717, 1.165) is 30.5 Å². The van der Waals surface area contributed by atoms with Crippen LogP contribution in [0.25, 0.3) is 5.69 Å². The normalized spacial score (nSPS) is 19.1. The van der Waals surface area contributed by atoms with Crippen molar-refractivity contribution in [3.05, 3.63) is 89.7 Å². The minimum absolute atomic E-state index is 0.134. The zero-order chi connectivity index (χ0) is 33.7. The van der Waals surface area contributed by atoms with Gasteiger partial charge < -0.3 is 24.0 Å². The lowest BCUT2D eigenvalue weighted by atomic mass is 9.71. The van der Waals surface area contributed by atoms with E-state index < -0.39 is 5.41 Å². The summed E-state index contributed by atoms with van der Waals surface area (Å²) < 4.78 is 18.3. The van der Waals surface area contributed by atoms with Gasteiger partial charge in [0.1, 0.15) is 12.1 Å². The number of hydrogen-bond donors (Lipinski definition) is 2. The Balaban J connectivity index is 1.25. The lowest BCUT2D eigenvalue weighted by molar-refractivity contribution is -0.137. The third-order valence-corrected chi connectivity index (χ3v) is 10.1. The number of piperidine rings is 1. The van der Waals surface area contributed by atoms with Crippen molar-refractivity contribution in [2.45, 2.75) is 36.5 Å². The summed E-state index contributed by atoms with van der Waals surface area (Å²) in [5.74, 6) is 1.24. The average Bonchev–Trinajstić information content (AvgIpc) is 3.85. The van der Waals surface area contributed by atoms with Gasteiger partial charge in [0.2, 0.25) is 0 Å². The van der Waals surface area contributed by atoms with Crippen LogP contribution in [0.15, 0.2) is 73.1 Å². The van der Waals surface area contributed by atoms with Gasteiger partial charge in [0.15, 0.2) is 11.5 Å². The molecule has 1 unspecified atom stereocenters. The predicted molar refractivity (Wildman–Crippen MR) is 176 cm³/mol. The lowest BCUT2D eigenvalue weighted by Gasteiger charge is -2.41. The third-order valence-electron chi connectivity index (χ3n) is 10.1. The summed E-state index contributed by atoms with van der Waals surface area (Å²) in [7, 11) is 4.79. The molecule has 3 aromatic carbocycles. The van der Waals surface area contributed by atoms with Gasteiger partial charge >= 0.3 is 0 Å². The van der Waals surface area contributed by atoms with E-state index in [1.807, 2.05) is 52.8 Å². The quantitative estimate of drug-likeness (QED) is 0.182. The number of amides is 2. The van der Waals surface area contributed by atoms with E-state index in [9.17, 15) is 14.8 Å². The lowest BCUT2D eigenvalue weighted by Crippen LogP contribution is -2.51. The maximum Gasteiger partial charge on any atom is 0.257 e. The summed E-state index contributed by atoms with van der Waals surface area (Å²) in [6, 6.07) is 21.0. The van der Waals surface area contributed by atoms with Gasteiger partial charge in [-0.05, 0) is 97.2 Å². The fraction of sp³-hybridized carbons (Fsp3) is 0.400. The number of tetrazole rings is 1. The monoisotopic (exact) mass is 655 g/mol. The molecule has 2 amide bonds. The molecule has 2 N–H and O–H groups in total. The van der Waals surface area contributed by atoms with E-state index in [4.69, 9.17) is 14.2 Å². The highest BCUT2D eigenvalue weighted by atomic mass is 16.5. The zero-order valence-electron chi connectivity index (χ0n) is 27.5. The van der Waals surface area contributed by atoms with E-state index in [0.29, 0.717) is 67.5 Å². The number of aromatic nitrogens is 4. The molecule has 13 nitrogen and oxygen atoms in total. The summed E-state index contributed by atoms with van der Waals surface area (Å²) in [5, 5.41) is 21.0. The second-order valence-corrected chi connectivity index (χ2v) is 12.4. The maximum atomic E-state index is 14.2. The van der Waals surface area contributed by atoms with Gasteiger partial charge in [-0.25, -0.2) is 10.2 Å². The minimum atomic E-state index is -0.792. The highest BCUT2D eigenvalue weighted by Gasteiger charge is 2.45. The van der Waals surface area contributed by atoms with Gasteiger partial charge in [-0.3, -0.25) is 14.8 Å². The van der Waals surface area contributed by atoms with E-state index in [1.165, 1.54) is 11.0 Å². The first-order valence-corrected chi connectivity index (χ1v) is 16.0. The Morgan fingerprint density at radius 1 is 0.854 bits per heavy atom. The molecular formula is C35H41N7O6. The number of rotatable bonds is 11. The van der Waals surface area contributed by atoms with Gasteiger partial charge in [0.25, 0.3) is 11.8 Å². The molecule has 0 aliphatic carbocycles. The molecule has 2 saturated heterocycles. The van der Waals surface area contributed by atoms with Crippen molar-refractivity contribution in [1.82, 2.24) is 35.5 Å². The number of hydroxylamine groups is 1. The fourth-order valence-electron chi connectivity index (χ4n) is 7.29. The summed E-state index contributed by atoms with van der Waals surface area (Å²) in [5.41, 5.74) is 3.83. The molecule has 1 aromatic heterocycles. The minimum Gasteiger partial charge on any atom is -0.496 e. The largest absolute Gasteiger partial charge is 0.496 e. The van der Waals surface area contributed by atoms with Crippen molar-refractivity contribution in [2.75, 3.05) is 54.1 Å². The fourth-order valence-corrected chi connectivity index (χ4v) is 7.29. The Bertz CT molecular complexity index is 1730. The molecule has 1 atom stereocenters. The Morgan fingerprint density at radius 2 is 1.58 bits per heavy atom. The summed E-state index contributed by atoms with van der Waals surface area (Å²) in [4.78, 5) is 31.4. The summed E-state index contributed by atoms with van der Waals surface area (Å²) in [6.07, 6.45) is 4.16. The van der Waals surface area contributed by atoms with Crippen LogP contribution in [0, 0.1) is 0 Å². The van der Waals surface area contributed by atoms with Gasteiger partial charge in [-0.15, -0.1) is 5.10 Å². The Labute approximate surface area is 279 Å². The summed E-state index contributed by atoms with van der Waals surface area (Å²) >= 11 is 0. The Morgan fingerprint density at radius 3 is 2.25 bits per heavy atom. The molecule has 0 spiro atoms. The number of hydrogen-bond acceptors (Lipinski definition) is 10. The summed E-state index contributed by atoms with van der Waals surface area (Å²) in [6.45, 7) is 3.19. The van der Waals surface area contributed by atoms with Crippen LogP contribution >= 0.6 is 0 Å². The molecule has 0 bridgehead atoms. The first kappa shape index (κ1) is 32.9. The van der Waals surface area contributed by atoms with Gasteiger partial charge in [-0.1, -0.05) is 36.4 Å². The number of ether oxygens (including phenoxy) is 3. The molecule has 4 aromatic rings. The highest BCUT2D eigenvalue weighted by Crippen LogP contribution is 2.43. The molecule has 252 valence electrons. The molecule has 48 heavy (non-hydrogen) atoms. The first-order valence-electron chi connectivity index (χ1n) is 16.0. The van der Waals surface area contributed by atoms with Gasteiger partial charge in [0.05, 0.1) is 38.0 Å². The smallest absolute Gasteiger partial charge is 0.257 e. The van der Waals surface area contributed by atoms with E-state index in [2.05, 4.69) is 26.5 Å². The number of nitrogens with one attached hydrogen (secondary N) is 1. The van der Waals surface area contributed by atoms with Crippen LogP contribution in [-0.4, -0.2) is 101 Å². The first-order chi connectivity index (χ1) is 23.4. The van der Waals surface area contributed by atoms with Crippen LogP contribution < -0.4 is 19.7 Å². The number of likely N-dealkylation sites (tertiary alicyclic amines) is 2. The molecule has 2 aliphatic heterocycles. The van der Waals surface area contributed by atoms with Crippen LogP contribution in [0.5, 0.6) is 17.2 Å². The number of methoxy groups -OCH3 is 3. The van der Waals surface area contributed by atoms with Gasteiger partial charge in [0, 0.05) is 18.5 Å². The Hall–Kier alpha value is -5.01. The molecule has 2 fully saturated rings. The zero-order valence-corrected chi connectivity index (χ0v) is 27.5. The molecule has 6 rings (SSSR count). The molecule has 13 heteroatoms. The molecule has 3 heterocycles. The third kappa shape index (κ3) is 6.18. The van der Waals surface area contributed by atoms with Crippen LogP contribution in [0.3, 0.4) is 0 Å². The predicted octanol–water partition coefficient (Wildman–Crippen LogP) is 3.40. The maximum absolute atomic E-state index is 14.2. The Kier molecular flexibility index (Phi) is 9.60. The van der Waals surface area contributed by atoms with Crippen molar-refractivity contribution >= 4 is 11.8 Å². The number of nitrogens with zero attached hydrogens (tertiary/aromatic N) is 6. The standard InChI is InChI=1S/C35H41N7O6/c1-46-29-12-10-27(42-24-36-38-39-42)22-28(29)32(43)41-20-14-34(23-41,26-9-11-30(47-2)31(21-26)48-3)13-17-40-18-15-35(16-19-40,33(44)37-45)25-7-5-4-6-8-25/h4-12,21-22,24,45H,13-20,23H2,1-3H3,(H,37,44). The van der Waals surface area contributed by atoms with Crippen molar-refractivity contribution in [2.24, 2.45) is 0 Å². The second kappa shape index (κ2) is 14.0. The SMILES string of the molecule is COc1ccc(C2(CCN3CCC(C(=O)NO)(c4ccccc4)CC3)CCN(C(=O)c3cc(-n4cnnn4)ccc3OC)C2)cc1OC. The van der Waals surface area contributed by atoms with Crippen LogP contribution in [0.1, 0.15) is 47.2 Å². The van der Waals surface area contributed by atoms with Crippen molar-refractivity contribution in [3.63, 3.8) is 0 Å². The molecular weight excluding hydrogens is 614 g/mol. The van der Waals surface area contributed by atoms with Crippen LogP contribution in [0.4, 0.5) is 0 Å². The topological polar surface area (TPSA) is 144 Å². The van der Waals surface area contributed by atoms with Crippen LogP contribution in [-0.2, 0) is 15.6 Å².